The smallest absolute Gasteiger partial charge is 0.555 e. The van der Waals surface area contributed by atoms with Gasteiger partial charge in [0.15, 0.2) is 5.78 Å². The van der Waals surface area contributed by atoms with Gasteiger partial charge in [0.1, 0.15) is 24.4 Å². The molecule has 0 bridgehead atoms. The van der Waals surface area contributed by atoms with Gasteiger partial charge in [-0.3, -0.25) is 9.59 Å². The van der Waals surface area contributed by atoms with Crippen LogP contribution in [0, 0.1) is 7.11 Å². The number of carboxylic acid groups (broad SMARTS) is 1. The summed E-state index contributed by atoms with van der Waals surface area (Å²) in [4.78, 5) is 45.8. The van der Waals surface area contributed by atoms with Crippen LogP contribution >= 0.6 is 25.3 Å². The van der Waals surface area contributed by atoms with Crippen molar-refractivity contribution in [1.29, 1.82) is 0 Å². The number of carbonyl (C=O) groups is 4. The molecule has 3 aromatic rings. The zero-order valence-electron chi connectivity index (χ0n) is 33.5. The Hall–Kier alpha value is -1.97. The Morgan fingerprint density at radius 1 is 0.842 bits per heavy atom. The van der Waals surface area contributed by atoms with Crippen molar-refractivity contribution in [2.24, 2.45) is 17.2 Å². The number of carbonyl (C=O) groups excluding carboxylic acids is 3. The number of nitrogens with two attached hydrogens (primary N) is 3. The zero-order chi connectivity index (χ0) is 42.7. The summed E-state index contributed by atoms with van der Waals surface area (Å²) in [6.07, 6.45) is 0.820. The Labute approximate surface area is 379 Å². The maximum Gasteiger partial charge on any atom is 1.00 e. The summed E-state index contributed by atoms with van der Waals surface area (Å²) in [6.45, 7) is 9.34. The fourth-order valence-corrected chi connectivity index (χ4v) is 6.53. The monoisotopic (exact) mass is 890 g/mol. The van der Waals surface area contributed by atoms with Crippen LogP contribution < -0.4 is 56.8 Å². The molecule has 0 heterocycles. The van der Waals surface area contributed by atoms with Gasteiger partial charge in [-0.25, -0.2) is 16.7 Å². The fraction of sp³-hybridized carbons (Fsp3) is 0.410. The van der Waals surface area contributed by atoms with Crippen molar-refractivity contribution in [2.45, 2.75) is 74.5 Å². The van der Waals surface area contributed by atoms with E-state index in [4.69, 9.17) is 48.1 Å². The molecule has 3 rings (SSSR count). The fourth-order valence-electron chi connectivity index (χ4n) is 4.04. The van der Waals surface area contributed by atoms with Gasteiger partial charge >= 0.3 is 41.5 Å². The summed E-state index contributed by atoms with van der Waals surface area (Å²) in [7, 11) is 2.11. The van der Waals surface area contributed by atoms with Crippen molar-refractivity contribution < 1.29 is 68.4 Å². The van der Waals surface area contributed by atoms with E-state index in [1.54, 1.807) is 6.07 Å². The number of Topliss-reactive ketones (excluding diaryl/α,β-unsaturated/α-hetero) is 1. The number of hydrogen-bond donors (Lipinski definition) is 8. The van der Waals surface area contributed by atoms with Gasteiger partial charge in [0, 0.05) is 26.2 Å². The minimum Gasteiger partial charge on any atom is -0.555 e. The van der Waals surface area contributed by atoms with Crippen LogP contribution in [0.5, 0.6) is 5.75 Å². The number of para-hydroxylation sites is 1. The number of hydrogen-bond acceptors (Lipinski definition) is 13. The Morgan fingerprint density at radius 3 is 1.72 bits per heavy atom. The number of amides is 1. The van der Waals surface area contributed by atoms with E-state index in [0.717, 1.165) is 28.4 Å². The molecule has 0 aliphatic heterocycles. The number of aliphatic hydroxyl groups is 1. The zero-order valence-corrected chi connectivity index (χ0v) is 40.0. The summed E-state index contributed by atoms with van der Waals surface area (Å²) < 4.78 is 10.2. The minimum atomic E-state index is -1.12. The van der Waals surface area contributed by atoms with E-state index in [0.29, 0.717) is 24.3 Å². The maximum absolute atomic E-state index is 12.2. The Kier molecular flexibility index (Phi) is 32.9. The molecule has 9 N–H and O–H groups in total. The van der Waals surface area contributed by atoms with Crippen LogP contribution in [0.3, 0.4) is 0 Å². The molecular formula is C39H59N4NaO8S4Si. The summed E-state index contributed by atoms with van der Waals surface area (Å²) in [5, 5.41) is 19.3. The first-order chi connectivity index (χ1) is 26.4. The average molecular weight is 891 g/mol. The van der Waals surface area contributed by atoms with Crippen molar-refractivity contribution in [1.82, 2.24) is 5.32 Å². The third-order valence-corrected chi connectivity index (χ3v) is 12.4. The van der Waals surface area contributed by atoms with Crippen LogP contribution in [0.4, 0.5) is 0 Å². The summed E-state index contributed by atoms with van der Waals surface area (Å²) >= 11 is 13.0. The topological polar surface area (TPSA) is 217 Å². The first kappa shape index (κ1) is 57.1. The van der Waals surface area contributed by atoms with Gasteiger partial charge in [0.05, 0.1) is 17.0 Å². The van der Waals surface area contributed by atoms with E-state index >= 15 is 0 Å². The molecule has 0 saturated heterocycles. The molecule has 5 atom stereocenters. The number of aliphatic hydroxyl groups excluding tert-OH is 1. The second-order valence-corrected chi connectivity index (χ2v) is 22.6. The number of ketones is 1. The molecule has 0 spiro atoms. The SMILES string of the molecule is CCS(=S)c1ccccc1OC(=O)[C@@H](N)Cc1ccccc1.N[C@@H](CS)C(=O)CO.N[C@@H](Cc1ccccc1)C(=O)N[C@@H](CS)C(=O)O.[CH2-]OCC[Si](C)(C)C.[Na+]. The van der Waals surface area contributed by atoms with Crippen molar-refractivity contribution in [3.63, 3.8) is 0 Å². The van der Waals surface area contributed by atoms with Crippen molar-refractivity contribution in [2.75, 3.05) is 30.5 Å². The molecular weight excluding hydrogens is 832 g/mol. The summed E-state index contributed by atoms with van der Waals surface area (Å²) in [5.41, 5.74) is 18.8. The number of nitrogens with one attached hydrogen (secondary N) is 1. The number of rotatable bonds is 18. The van der Waals surface area contributed by atoms with Gasteiger partial charge in [-0.1, -0.05) is 109 Å². The Morgan fingerprint density at radius 2 is 1.33 bits per heavy atom. The largest absolute Gasteiger partial charge is 1.00 e. The van der Waals surface area contributed by atoms with Crippen LogP contribution in [-0.4, -0.2) is 96.6 Å². The predicted molar refractivity (Wildman–Crippen MR) is 239 cm³/mol. The van der Waals surface area contributed by atoms with E-state index < -0.39 is 56.7 Å². The van der Waals surface area contributed by atoms with Gasteiger partial charge in [0.2, 0.25) is 5.91 Å². The molecule has 0 fully saturated rings. The minimum absolute atomic E-state index is 0. The van der Waals surface area contributed by atoms with E-state index in [2.05, 4.69) is 57.3 Å². The van der Waals surface area contributed by atoms with E-state index in [1.165, 1.54) is 6.04 Å². The van der Waals surface area contributed by atoms with E-state index in [1.807, 2.05) is 85.8 Å². The number of aliphatic carboxylic acids is 1. The van der Waals surface area contributed by atoms with Gasteiger partial charge in [-0.2, -0.15) is 25.3 Å². The first-order valence-corrected chi connectivity index (χ1v) is 25.0. The molecule has 0 saturated carbocycles. The molecule has 312 valence electrons. The van der Waals surface area contributed by atoms with Crippen LogP contribution in [0.15, 0.2) is 89.8 Å². The van der Waals surface area contributed by atoms with Gasteiger partial charge < -0.3 is 42.2 Å². The number of ether oxygens (including phenoxy) is 2. The van der Waals surface area contributed by atoms with Crippen LogP contribution in [0.1, 0.15) is 18.1 Å². The molecule has 0 aliphatic rings. The molecule has 1 amide bonds. The Bertz CT molecular complexity index is 1610. The molecule has 0 aromatic heterocycles. The van der Waals surface area contributed by atoms with E-state index in [9.17, 15) is 19.2 Å². The standard InChI is InChI=1S/C17H19NO2S2.C12H16N2O3S.C6H15OSi.C4H9NO2S.Na/c1-2-22(21)16-11-7-6-10-15(16)20-17(19)14(18)12-13-8-4-3-5-9-13;13-9(6-8-4-2-1-3-5-8)11(15)14-10(7-18)12(16)17;1-7-5-6-8(2,3)4;5-3(2-8)4(7)1-6;/h3-11,14H,2,12,18H2,1H3;1-5,9-10,18H,6-7,13H2,(H,14,15)(H,16,17);1,5-6H2,2-4H3;3,6,8H,1-2,5H2;/q;;-1;;+1/t14-,22?;9-,10-;;3-;/m00.0./s1. The summed E-state index contributed by atoms with van der Waals surface area (Å²) in [6, 6.07) is 24.5. The molecule has 1 unspecified atom stereocenters. The maximum atomic E-state index is 12.2. The quantitative estimate of drug-likeness (QED) is 0.0290. The van der Waals surface area contributed by atoms with Crippen molar-refractivity contribution in [3.8, 4) is 5.75 Å². The normalized spacial score (nSPS) is 13.0. The van der Waals surface area contributed by atoms with Gasteiger partial charge in [0.25, 0.3) is 0 Å². The number of esters is 1. The molecule has 18 heteroatoms. The van der Waals surface area contributed by atoms with Gasteiger partial charge in [-0.05, 0) is 59.1 Å². The molecule has 0 aliphatic carbocycles. The van der Waals surface area contributed by atoms with E-state index in [-0.39, 0.29) is 50.5 Å². The number of benzene rings is 3. The first-order valence-electron chi connectivity index (χ1n) is 17.7. The summed E-state index contributed by atoms with van der Waals surface area (Å²) in [5.74, 6) is -0.723. The van der Waals surface area contributed by atoms with Crippen molar-refractivity contribution >= 4 is 77.6 Å². The molecule has 0 radical (unpaired) electrons. The van der Waals surface area contributed by atoms with Crippen LogP contribution in [-0.2, 0) is 57.4 Å². The number of thiol groups is 2. The second kappa shape index (κ2) is 32.8. The average Bonchev–Trinajstić information content (AvgIpc) is 3.19. The third kappa shape index (κ3) is 26.7. The second-order valence-electron chi connectivity index (χ2n) is 13.3. The van der Waals surface area contributed by atoms with Crippen LogP contribution in [0.2, 0.25) is 25.7 Å². The third-order valence-electron chi connectivity index (χ3n) is 7.36. The molecule has 3 aromatic carbocycles. The van der Waals surface area contributed by atoms with Crippen molar-refractivity contribution in [3.05, 3.63) is 103 Å². The Balaban J connectivity index is 0. The predicted octanol–water partition coefficient (Wildman–Crippen LogP) is 0.618. The number of carboxylic acids is 1. The van der Waals surface area contributed by atoms with Gasteiger partial charge in [-0.15, -0.1) is 0 Å². The van der Waals surface area contributed by atoms with Crippen LogP contribution in [0.25, 0.3) is 0 Å². The molecule has 57 heavy (non-hydrogen) atoms. The molecule has 12 nitrogen and oxygen atoms in total.